The van der Waals surface area contributed by atoms with Gasteiger partial charge in [0.05, 0.1) is 19.8 Å². The number of morpholine rings is 1. The average molecular weight is 269 g/mol. The zero-order valence-corrected chi connectivity index (χ0v) is 11.8. The number of hydrogen-bond donors (Lipinski definition) is 2. The lowest BCUT2D eigenvalue weighted by Crippen LogP contribution is -2.44. The van der Waals surface area contributed by atoms with Gasteiger partial charge in [0.2, 0.25) is 5.91 Å². The Labute approximate surface area is 116 Å². The van der Waals surface area contributed by atoms with E-state index in [0.717, 1.165) is 52.2 Å². The van der Waals surface area contributed by atoms with E-state index in [-0.39, 0.29) is 5.91 Å². The molecule has 2 aliphatic rings. The van der Waals surface area contributed by atoms with E-state index < -0.39 is 0 Å². The van der Waals surface area contributed by atoms with E-state index in [1.54, 1.807) is 0 Å². The van der Waals surface area contributed by atoms with E-state index >= 15 is 0 Å². The lowest BCUT2D eigenvalue weighted by Gasteiger charge is -2.26. The first-order valence-electron chi connectivity index (χ1n) is 7.65. The maximum absolute atomic E-state index is 11.8. The highest BCUT2D eigenvalue weighted by Crippen LogP contribution is 2.16. The van der Waals surface area contributed by atoms with Crippen LogP contribution in [0.25, 0.3) is 0 Å². The molecule has 1 saturated carbocycles. The molecule has 1 amide bonds. The second-order valence-corrected chi connectivity index (χ2v) is 5.53. The van der Waals surface area contributed by atoms with Gasteiger partial charge >= 0.3 is 0 Å². The van der Waals surface area contributed by atoms with Crippen molar-refractivity contribution in [2.45, 2.75) is 38.1 Å². The van der Waals surface area contributed by atoms with Crippen LogP contribution in [-0.2, 0) is 9.53 Å². The summed E-state index contributed by atoms with van der Waals surface area (Å²) in [5.41, 5.74) is 0. The molecule has 2 rings (SSSR count). The Morgan fingerprint density at radius 1 is 1.16 bits per heavy atom. The summed E-state index contributed by atoms with van der Waals surface area (Å²) in [6.07, 6.45) is 6.15. The number of carbonyl (C=O) groups is 1. The van der Waals surface area contributed by atoms with Crippen molar-refractivity contribution < 1.29 is 9.53 Å². The fourth-order valence-electron chi connectivity index (χ4n) is 2.79. The van der Waals surface area contributed by atoms with Crippen LogP contribution in [0.15, 0.2) is 0 Å². The molecule has 0 unspecified atom stereocenters. The van der Waals surface area contributed by atoms with Crippen molar-refractivity contribution in [2.24, 2.45) is 0 Å². The Morgan fingerprint density at radius 2 is 1.89 bits per heavy atom. The van der Waals surface area contributed by atoms with Crippen molar-refractivity contribution in [2.75, 3.05) is 45.9 Å². The number of rotatable bonds is 6. The van der Waals surface area contributed by atoms with Gasteiger partial charge in [0, 0.05) is 32.2 Å². The predicted molar refractivity (Wildman–Crippen MR) is 75.1 cm³/mol. The van der Waals surface area contributed by atoms with Crippen molar-refractivity contribution in [3.63, 3.8) is 0 Å². The van der Waals surface area contributed by atoms with Gasteiger partial charge < -0.3 is 15.4 Å². The molecule has 0 spiro atoms. The number of nitrogens with one attached hydrogen (secondary N) is 2. The molecule has 0 bridgehead atoms. The second kappa shape index (κ2) is 8.51. The van der Waals surface area contributed by atoms with Gasteiger partial charge in [-0.25, -0.2) is 0 Å². The Hall–Kier alpha value is -0.650. The molecule has 0 radical (unpaired) electrons. The first-order chi connectivity index (χ1) is 9.34. The van der Waals surface area contributed by atoms with E-state index in [2.05, 4.69) is 15.5 Å². The zero-order valence-electron chi connectivity index (χ0n) is 11.8. The minimum Gasteiger partial charge on any atom is -0.379 e. The average Bonchev–Trinajstić information content (AvgIpc) is 2.46. The summed E-state index contributed by atoms with van der Waals surface area (Å²) in [6.45, 7) is 6.01. The molecule has 0 atom stereocenters. The van der Waals surface area contributed by atoms with Gasteiger partial charge in [0.1, 0.15) is 0 Å². The third-order valence-corrected chi connectivity index (χ3v) is 3.96. The van der Waals surface area contributed by atoms with Crippen LogP contribution in [-0.4, -0.2) is 62.8 Å². The lowest BCUT2D eigenvalue weighted by atomic mass is 9.95. The zero-order chi connectivity index (χ0) is 13.3. The Kier molecular flexibility index (Phi) is 6.61. The summed E-state index contributed by atoms with van der Waals surface area (Å²) in [4.78, 5) is 14.1. The van der Waals surface area contributed by atoms with Crippen LogP contribution in [0.5, 0.6) is 0 Å². The monoisotopic (exact) mass is 269 g/mol. The van der Waals surface area contributed by atoms with Gasteiger partial charge in [-0.2, -0.15) is 0 Å². The Morgan fingerprint density at radius 3 is 2.63 bits per heavy atom. The van der Waals surface area contributed by atoms with Crippen LogP contribution in [0.3, 0.4) is 0 Å². The third-order valence-electron chi connectivity index (χ3n) is 3.96. The number of nitrogens with zero attached hydrogens (tertiary/aromatic N) is 1. The highest BCUT2D eigenvalue weighted by atomic mass is 16.5. The van der Waals surface area contributed by atoms with E-state index in [4.69, 9.17) is 4.74 Å². The highest BCUT2D eigenvalue weighted by Gasteiger charge is 2.15. The minimum atomic E-state index is 0.147. The van der Waals surface area contributed by atoms with Crippen LogP contribution < -0.4 is 10.6 Å². The standard InChI is InChI=1S/C14H27N3O2/c18-14(16-13-4-2-1-3-5-13)12-15-6-7-17-8-10-19-11-9-17/h13,15H,1-12H2,(H,16,18). The normalized spacial score (nSPS) is 22.3. The first kappa shape index (κ1) is 14.8. The predicted octanol–water partition coefficient (Wildman–Crippen LogP) is 0.357. The number of ether oxygens (including phenoxy) is 1. The van der Waals surface area contributed by atoms with Gasteiger partial charge in [0.25, 0.3) is 0 Å². The summed E-state index contributed by atoms with van der Waals surface area (Å²) in [5.74, 6) is 0.147. The molecule has 1 saturated heterocycles. The Bertz CT molecular complexity index is 261. The van der Waals surface area contributed by atoms with Crippen molar-refractivity contribution in [1.82, 2.24) is 15.5 Å². The van der Waals surface area contributed by atoms with E-state index in [1.165, 1.54) is 19.3 Å². The fraction of sp³-hybridized carbons (Fsp3) is 0.929. The van der Waals surface area contributed by atoms with E-state index in [1.807, 2.05) is 0 Å². The van der Waals surface area contributed by atoms with Crippen LogP contribution in [0.1, 0.15) is 32.1 Å². The molecule has 0 aromatic heterocycles. The van der Waals surface area contributed by atoms with Gasteiger partial charge in [-0.15, -0.1) is 0 Å². The third kappa shape index (κ3) is 5.89. The number of amides is 1. The van der Waals surface area contributed by atoms with Crippen molar-refractivity contribution >= 4 is 5.91 Å². The quantitative estimate of drug-likeness (QED) is 0.684. The Balaban J connectivity index is 1.48. The highest BCUT2D eigenvalue weighted by molar-refractivity contribution is 5.78. The molecule has 0 aromatic rings. The molecule has 1 aliphatic carbocycles. The summed E-state index contributed by atoms with van der Waals surface area (Å²) >= 11 is 0. The van der Waals surface area contributed by atoms with Gasteiger partial charge in [0.15, 0.2) is 0 Å². The fourth-order valence-corrected chi connectivity index (χ4v) is 2.79. The molecule has 1 aliphatic heterocycles. The molecule has 110 valence electrons. The van der Waals surface area contributed by atoms with E-state index in [9.17, 15) is 4.79 Å². The molecule has 2 N–H and O–H groups in total. The van der Waals surface area contributed by atoms with Gasteiger partial charge in [-0.1, -0.05) is 19.3 Å². The molecule has 0 aromatic carbocycles. The maximum atomic E-state index is 11.8. The molecule has 1 heterocycles. The molecule has 19 heavy (non-hydrogen) atoms. The molecular formula is C14H27N3O2. The molecule has 5 heteroatoms. The maximum Gasteiger partial charge on any atom is 0.234 e. The van der Waals surface area contributed by atoms with Gasteiger partial charge in [-0.05, 0) is 12.8 Å². The van der Waals surface area contributed by atoms with Crippen molar-refractivity contribution in [3.8, 4) is 0 Å². The first-order valence-corrected chi connectivity index (χ1v) is 7.65. The van der Waals surface area contributed by atoms with Crippen molar-refractivity contribution in [1.29, 1.82) is 0 Å². The smallest absolute Gasteiger partial charge is 0.234 e. The van der Waals surface area contributed by atoms with Crippen LogP contribution in [0, 0.1) is 0 Å². The SMILES string of the molecule is O=C(CNCCN1CCOCC1)NC1CCCCC1. The van der Waals surface area contributed by atoms with Gasteiger partial charge in [-0.3, -0.25) is 9.69 Å². The molecule has 2 fully saturated rings. The summed E-state index contributed by atoms with van der Waals surface area (Å²) in [5, 5.41) is 6.35. The summed E-state index contributed by atoms with van der Waals surface area (Å²) in [7, 11) is 0. The summed E-state index contributed by atoms with van der Waals surface area (Å²) in [6, 6.07) is 0.419. The number of carbonyl (C=O) groups excluding carboxylic acids is 1. The van der Waals surface area contributed by atoms with E-state index in [0.29, 0.717) is 12.6 Å². The molecule has 5 nitrogen and oxygen atoms in total. The largest absolute Gasteiger partial charge is 0.379 e. The minimum absolute atomic E-state index is 0.147. The van der Waals surface area contributed by atoms with Crippen LogP contribution >= 0.6 is 0 Å². The number of hydrogen-bond acceptors (Lipinski definition) is 4. The lowest BCUT2D eigenvalue weighted by molar-refractivity contribution is -0.121. The summed E-state index contributed by atoms with van der Waals surface area (Å²) < 4.78 is 5.30. The topological polar surface area (TPSA) is 53.6 Å². The van der Waals surface area contributed by atoms with Crippen molar-refractivity contribution in [3.05, 3.63) is 0 Å². The van der Waals surface area contributed by atoms with Crippen LogP contribution in [0.4, 0.5) is 0 Å². The van der Waals surface area contributed by atoms with Crippen LogP contribution in [0.2, 0.25) is 0 Å². The second-order valence-electron chi connectivity index (χ2n) is 5.53. The molecular weight excluding hydrogens is 242 g/mol.